The number of Topliss-reactive ketones (excluding diaryl/α,β-unsaturated/α-hetero) is 1. The van der Waals surface area contributed by atoms with Crippen molar-refractivity contribution >= 4 is 17.8 Å². The maximum Gasteiger partial charge on any atom is 0.407 e. The molecule has 2 atom stereocenters. The topological polar surface area (TPSA) is 125 Å². The quantitative estimate of drug-likeness (QED) is 0.425. The zero-order valence-corrected chi connectivity index (χ0v) is 17.6. The molecule has 0 saturated heterocycles. The highest BCUT2D eigenvalue weighted by molar-refractivity contribution is 5.89. The summed E-state index contributed by atoms with van der Waals surface area (Å²) in [5, 5.41) is 2.66. The molecule has 0 heterocycles. The molecule has 0 bridgehead atoms. The Morgan fingerprint density at radius 1 is 0.968 bits per heavy atom. The molecule has 0 fully saturated rings. The molecule has 7 nitrogen and oxygen atoms in total. The van der Waals surface area contributed by atoms with Crippen LogP contribution in [0.1, 0.15) is 38.2 Å². The minimum absolute atomic E-state index is 0.0522. The van der Waals surface area contributed by atoms with Crippen LogP contribution in [0, 0.1) is 5.89 Å². The normalized spacial score (nSPS) is 14.0. The molecule has 2 rings (SSSR count). The molecule has 7 heteroatoms. The molecule has 5 N–H and O–H groups in total. The van der Waals surface area contributed by atoms with Crippen LogP contribution >= 0.6 is 0 Å². The van der Waals surface area contributed by atoms with Crippen LogP contribution in [0.5, 0.6) is 0 Å². The van der Waals surface area contributed by atoms with Crippen molar-refractivity contribution in [3.05, 3.63) is 71.8 Å². The minimum Gasteiger partial charge on any atom is -0.445 e. The van der Waals surface area contributed by atoms with Crippen LogP contribution in [0.25, 0.3) is 0 Å². The van der Waals surface area contributed by atoms with Gasteiger partial charge in [0, 0.05) is 20.2 Å². The zero-order valence-electron chi connectivity index (χ0n) is 18.6. The smallest absolute Gasteiger partial charge is 0.407 e. The van der Waals surface area contributed by atoms with Crippen molar-refractivity contribution in [3.63, 3.8) is 0 Å². The lowest BCUT2D eigenvalue weighted by atomic mass is 9.90. The number of nitrogens with one attached hydrogen (secondary N) is 1. The van der Waals surface area contributed by atoms with Gasteiger partial charge in [0.1, 0.15) is 12.4 Å². The number of unbranched alkanes of at least 4 members (excludes halogenated alkanes) is 1. The number of alkyl carbamates (subject to hydrolysis) is 1. The molecule has 2 amide bonds. The van der Waals surface area contributed by atoms with Crippen molar-refractivity contribution in [1.82, 2.24) is 5.32 Å². The average molecular weight is 427 g/mol. The fourth-order valence-corrected chi connectivity index (χ4v) is 3.04. The highest BCUT2D eigenvalue weighted by Gasteiger charge is 2.23. The SMILES string of the molecule is [2H][C@](CC(=O)[C@@H](N)CCCCNC(=O)OCc1ccccc1)(Cc1ccccc1)C(N)=O. The second-order valence-corrected chi connectivity index (χ2v) is 7.36. The maximum absolute atomic E-state index is 12.5. The van der Waals surface area contributed by atoms with Crippen LogP contribution < -0.4 is 16.8 Å². The number of ketones is 1. The summed E-state index contributed by atoms with van der Waals surface area (Å²) in [6.07, 6.45) is 0.828. The third-order valence-corrected chi connectivity index (χ3v) is 4.83. The van der Waals surface area contributed by atoms with Gasteiger partial charge in [0.05, 0.1) is 6.04 Å². The molecule has 0 radical (unpaired) electrons. The van der Waals surface area contributed by atoms with E-state index in [0.717, 1.165) is 11.1 Å². The van der Waals surface area contributed by atoms with Crippen molar-refractivity contribution < 1.29 is 20.5 Å². The number of primary amides is 1. The first-order valence-corrected chi connectivity index (χ1v) is 10.4. The van der Waals surface area contributed by atoms with Crippen LogP contribution in [0.2, 0.25) is 0 Å². The number of ether oxygens (including phenoxy) is 1. The largest absolute Gasteiger partial charge is 0.445 e. The predicted molar refractivity (Wildman–Crippen MR) is 119 cm³/mol. The first-order valence-electron chi connectivity index (χ1n) is 10.9. The van der Waals surface area contributed by atoms with Crippen molar-refractivity contribution in [2.75, 3.05) is 6.54 Å². The number of carbonyl (C=O) groups is 3. The highest BCUT2D eigenvalue weighted by Crippen LogP contribution is 2.14. The van der Waals surface area contributed by atoms with Crippen molar-refractivity contribution in [2.45, 2.75) is 44.8 Å². The number of nitrogens with two attached hydrogens (primary N) is 2. The number of hydrogen-bond acceptors (Lipinski definition) is 5. The van der Waals surface area contributed by atoms with Crippen molar-refractivity contribution in [3.8, 4) is 0 Å². The molecular weight excluding hydrogens is 394 g/mol. The molecule has 0 aromatic heterocycles. The van der Waals surface area contributed by atoms with E-state index in [0.29, 0.717) is 25.8 Å². The van der Waals surface area contributed by atoms with E-state index in [2.05, 4.69) is 5.32 Å². The Hall–Kier alpha value is -3.19. The Bertz CT molecular complexity index is 879. The first kappa shape index (κ1) is 22.5. The van der Waals surface area contributed by atoms with E-state index in [4.69, 9.17) is 17.6 Å². The number of hydrogen-bond donors (Lipinski definition) is 3. The highest BCUT2D eigenvalue weighted by atomic mass is 16.5. The number of benzene rings is 2. The van der Waals surface area contributed by atoms with E-state index < -0.39 is 23.9 Å². The van der Waals surface area contributed by atoms with Gasteiger partial charge in [-0.15, -0.1) is 0 Å². The Labute approximate surface area is 184 Å². The lowest BCUT2D eigenvalue weighted by Crippen LogP contribution is -2.35. The van der Waals surface area contributed by atoms with Gasteiger partial charge in [-0.25, -0.2) is 4.79 Å². The molecule has 0 saturated carbocycles. The van der Waals surface area contributed by atoms with Gasteiger partial charge < -0.3 is 21.5 Å². The summed E-state index contributed by atoms with van der Waals surface area (Å²) in [4.78, 5) is 36.1. The molecule has 166 valence electrons. The molecule has 0 aliphatic carbocycles. The van der Waals surface area contributed by atoms with Gasteiger partial charge >= 0.3 is 6.09 Å². The summed E-state index contributed by atoms with van der Waals surface area (Å²) in [5.41, 5.74) is 13.1. The fourth-order valence-electron chi connectivity index (χ4n) is 3.04. The summed E-state index contributed by atoms with van der Waals surface area (Å²) in [6, 6.07) is 17.6. The van der Waals surface area contributed by atoms with E-state index in [1.54, 1.807) is 24.3 Å². The lowest BCUT2D eigenvalue weighted by Gasteiger charge is -2.16. The Kier molecular flexibility index (Phi) is 9.56. The van der Waals surface area contributed by atoms with E-state index in [1.165, 1.54) is 0 Å². The van der Waals surface area contributed by atoms with Crippen molar-refractivity contribution in [2.24, 2.45) is 17.4 Å². The maximum atomic E-state index is 12.5. The summed E-state index contributed by atoms with van der Waals surface area (Å²) < 4.78 is 13.5. The van der Waals surface area contributed by atoms with E-state index >= 15 is 0 Å². The first-order chi connectivity index (χ1) is 15.3. The van der Waals surface area contributed by atoms with Gasteiger partial charge in [-0.2, -0.15) is 0 Å². The monoisotopic (exact) mass is 426 g/mol. The van der Waals surface area contributed by atoms with Crippen LogP contribution in [-0.4, -0.2) is 30.4 Å². The molecule has 0 aliphatic heterocycles. The van der Waals surface area contributed by atoms with Crippen LogP contribution in [0.3, 0.4) is 0 Å². The average Bonchev–Trinajstić information content (AvgIpc) is 2.78. The second kappa shape index (κ2) is 13.2. The van der Waals surface area contributed by atoms with E-state index in [9.17, 15) is 14.4 Å². The third-order valence-electron chi connectivity index (χ3n) is 4.83. The van der Waals surface area contributed by atoms with Crippen molar-refractivity contribution in [1.29, 1.82) is 0 Å². The van der Waals surface area contributed by atoms with E-state index in [1.807, 2.05) is 36.4 Å². The van der Waals surface area contributed by atoms with Gasteiger partial charge in [-0.05, 0) is 36.8 Å². The van der Waals surface area contributed by atoms with Crippen LogP contribution in [-0.2, 0) is 27.4 Å². The molecule has 0 spiro atoms. The van der Waals surface area contributed by atoms with Gasteiger partial charge in [-0.3, -0.25) is 9.59 Å². The Morgan fingerprint density at radius 3 is 2.19 bits per heavy atom. The summed E-state index contributed by atoms with van der Waals surface area (Å²) in [7, 11) is 0. The number of rotatable bonds is 13. The molecule has 2 aromatic rings. The van der Waals surface area contributed by atoms with Gasteiger partial charge in [0.2, 0.25) is 5.91 Å². The Balaban J connectivity index is 1.68. The Morgan fingerprint density at radius 2 is 1.58 bits per heavy atom. The lowest BCUT2D eigenvalue weighted by molar-refractivity contribution is -0.128. The molecule has 0 unspecified atom stereocenters. The number of amides is 2. The summed E-state index contributed by atoms with van der Waals surface area (Å²) in [6.45, 7) is 0.593. The molecule has 0 aliphatic rings. The second-order valence-electron chi connectivity index (χ2n) is 7.36. The zero-order chi connectivity index (χ0) is 23.4. The fraction of sp³-hybridized carbons (Fsp3) is 0.375. The van der Waals surface area contributed by atoms with Gasteiger partial charge in [0.25, 0.3) is 0 Å². The minimum atomic E-state index is -1.74. The molecular formula is C24H31N3O4. The van der Waals surface area contributed by atoms with Gasteiger partial charge in [0.15, 0.2) is 0 Å². The summed E-state index contributed by atoms with van der Waals surface area (Å²) >= 11 is 0. The molecule has 2 aromatic carbocycles. The van der Waals surface area contributed by atoms with Crippen LogP contribution in [0.4, 0.5) is 4.79 Å². The molecule has 31 heavy (non-hydrogen) atoms. The van der Waals surface area contributed by atoms with Crippen LogP contribution in [0.15, 0.2) is 60.7 Å². The standard InChI is InChI=1S/C24H31N3O4/c25-21(22(28)16-20(23(26)29)15-18-9-3-1-4-10-18)13-7-8-14-27-24(30)31-17-19-11-5-2-6-12-19/h1-6,9-12,20-21H,7-8,13-17,25H2,(H2,26,29)(H,27,30)/t20-,21+/m1/s1/i20D. The summed E-state index contributed by atoms with van der Waals surface area (Å²) in [5.74, 6) is -2.95. The van der Waals surface area contributed by atoms with Gasteiger partial charge in [-0.1, -0.05) is 60.7 Å². The third kappa shape index (κ3) is 9.44. The number of carbonyl (C=O) groups excluding carboxylic acids is 3. The van der Waals surface area contributed by atoms with E-state index in [-0.39, 0.29) is 25.2 Å². The predicted octanol–water partition coefficient (Wildman–Crippen LogP) is 2.71.